The number of hydrogen-bond acceptors (Lipinski definition) is 4. The molecule has 2 aromatic rings. The Hall–Kier alpha value is -1.60. The number of aryl methyl sites for hydroxylation is 2. The van der Waals surface area contributed by atoms with Gasteiger partial charge in [0.05, 0.1) is 5.69 Å². The number of halogens is 1. The molecule has 7 heteroatoms. The van der Waals surface area contributed by atoms with Crippen molar-refractivity contribution in [3.05, 3.63) is 46.1 Å². The van der Waals surface area contributed by atoms with Crippen LogP contribution in [0, 0.1) is 13.8 Å². The molecule has 0 unspecified atom stereocenters. The summed E-state index contributed by atoms with van der Waals surface area (Å²) in [4.78, 5) is 4.15. The van der Waals surface area contributed by atoms with Crippen LogP contribution >= 0.6 is 15.9 Å². The molecule has 0 saturated heterocycles. The second-order valence-electron chi connectivity index (χ2n) is 4.65. The SMILES string of the molecule is CNc1ccc(S(=O)(=O)Nc2c(C)cc(Br)cc2C)cn1. The summed E-state index contributed by atoms with van der Waals surface area (Å²) in [6, 6.07) is 6.88. The second kappa shape index (κ2) is 6.03. The minimum absolute atomic E-state index is 0.128. The molecule has 112 valence electrons. The van der Waals surface area contributed by atoms with Crippen LogP contribution in [-0.4, -0.2) is 20.4 Å². The molecule has 2 N–H and O–H groups in total. The topological polar surface area (TPSA) is 71.1 Å². The van der Waals surface area contributed by atoms with Crippen LogP contribution in [-0.2, 0) is 10.0 Å². The van der Waals surface area contributed by atoms with Gasteiger partial charge in [-0.15, -0.1) is 0 Å². The molecule has 0 radical (unpaired) electrons. The van der Waals surface area contributed by atoms with E-state index in [4.69, 9.17) is 0 Å². The fraction of sp³-hybridized carbons (Fsp3) is 0.214. The van der Waals surface area contributed by atoms with E-state index in [9.17, 15) is 8.42 Å². The van der Waals surface area contributed by atoms with Crippen molar-refractivity contribution in [2.75, 3.05) is 17.1 Å². The zero-order chi connectivity index (χ0) is 15.6. The molecule has 0 spiro atoms. The Morgan fingerprint density at radius 1 is 1.14 bits per heavy atom. The number of anilines is 2. The largest absolute Gasteiger partial charge is 0.373 e. The van der Waals surface area contributed by atoms with Crippen molar-refractivity contribution >= 4 is 37.5 Å². The minimum atomic E-state index is -3.65. The standard InChI is InChI=1S/C14H16BrN3O2S/c1-9-6-11(15)7-10(2)14(9)18-21(19,20)12-4-5-13(16-3)17-8-12/h4-8,18H,1-3H3,(H,16,17). The highest BCUT2D eigenvalue weighted by atomic mass is 79.9. The Morgan fingerprint density at radius 2 is 1.76 bits per heavy atom. The van der Waals surface area contributed by atoms with Crippen molar-refractivity contribution in [1.29, 1.82) is 0 Å². The van der Waals surface area contributed by atoms with Crippen molar-refractivity contribution in [2.45, 2.75) is 18.7 Å². The van der Waals surface area contributed by atoms with Gasteiger partial charge in [0.15, 0.2) is 0 Å². The van der Waals surface area contributed by atoms with Crippen molar-refractivity contribution in [2.24, 2.45) is 0 Å². The van der Waals surface area contributed by atoms with E-state index in [0.717, 1.165) is 15.6 Å². The zero-order valence-electron chi connectivity index (χ0n) is 11.9. The highest BCUT2D eigenvalue weighted by molar-refractivity contribution is 9.10. The van der Waals surface area contributed by atoms with E-state index in [2.05, 4.69) is 31.0 Å². The summed E-state index contributed by atoms with van der Waals surface area (Å²) >= 11 is 3.39. The molecule has 1 aromatic heterocycles. The van der Waals surface area contributed by atoms with Gasteiger partial charge in [-0.25, -0.2) is 13.4 Å². The van der Waals surface area contributed by atoms with Crippen LogP contribution in [0.2, 0.25) is 0 Å². The lowest BCUT2D eigenvalue weighted by Crippen LogP contribution is -2.15. The molecule has 0 bridgehead atoms. The summed E-state index contributed by atoms with van der Waals surface area (Å²) in [5.74, 6) is 0.616. The Labute approximate surface area is 133 Å². The Bertz CT molecular complexity index is 735. The normalized spacial score (nSPS) is 11.2. The van der Waals surface area contributed by atoms with Gasteiger partial charge >= 0.3 is 0 Å². The molecule has 2 rings (SSSR count). The van der Waals surface area contributed by atoms with Crippen LogP contribution in [0.25, 0.3) is 0 Å². The van der Waals surface area contributed by atoms with Crippen molar-refractivity contribution in [1.82, 2.24) is 4.98 Å². The van der Waals surface area contributed by atoms with Crippen LogP contribution in [0.3, 0.4) is 0 Å². The van der Waals surface area contributed by atoms with Crippen LogP contribution in [0.1, 0.15) is 11.1 Å². The van der Waals surface area contributed by atoms with Gasteiger partial charge in [0, 0.05) is 17.7 Å². The molecular weight excluding hydrogens is 354 g/mol. The molecule has 0 aliphatic rings. The van der Waals surface area contributed by atoms with Crippen molar-refractivity contribution < 1.29 is 8.42 Å². The number of hydrogen-bond donors (Lipinski definition) is 2. The third-order valence-electron chi connectivity index (χ3n) is 3.04. The fourth-order valence-electron chi connectivity index (χ4n) is 1.95. The number of pyridine rings is 1. The molecule has 0 atom stereocenters. The van der Waals surface area contributed by atoms with Crippen LogP contribution < -0.4 is 10.0 Å². The lowest BCUT2D eigenvalue weighted by atomic mass is 10.1. The van der Waals surface area contributed by atoms with E-state index in [-0.39, 0.29) is 4.90 Å². The number of aromatic nitrogens is 1. The van der Waals surface area contributed by atoms with Crippen molar-refractivity contribution in [3.8, 4) is 0 Å². The molecule has 21 heavy (non-hydrogen) atoms. The number of sulfonamides is 1. The van der Waals surface area contributed by atoms with Gasteiger partial charge in [0.1, 0.15) is 10.7 Å². The summed E-state index contributed by atoms with van der Waals surface area (Å²) in [6.45, 7) is 3.72. The van der Waals surface area contributed by atoms with Gasteiger partial charge in [-0.1, -0.05) is 15.9 Å². The second-order valence-corrected chi connectivity index (χ2v) is 7.25. The lowest BCUT2D eigenvalue weighted by molar-refractivity contribution is 0.600. The van der Waals surface area contributed by atoms with Gasteiger partial charge in [-0.05, 0) is 49.2 Å². The third-order valence-corrected chi connectivity index (χ3v) is 4.83. The Kier molecular flexibility index (Phi) is 4.53. The van der Waals surface area contributed by atoms with E-state index in [0.29, 0.717) is 11.5 Å². The molecule has 0 saturated carbocycles. The van der Waals surface area contributed by atoms with Crippen LogP contribution in [0.5, 0.6) is 0 Å². The van der Waals surface area contributed by atoms with E-state index in [1.165, 1.54) is 12.3 Å². The van der Waals surface area contributed by atoms with Gasteiger partial charge in [0.2, 0.25) is 0 Å². The summed E-state index contributed by atoms with van der Waals surface area (Å²) in [6.07, 6.45) is 1.33. The van der Waals surface area contributed by atoms with Gasteiger partial charge in [-0.2, -0.15) is 0 Å². The van der Waals surface area contributed by atoms with Gasteiger partial charge in [-0.3, -0.25) is 4.72 Å². The molecule has 0 amide bonds. The van der Waals surface area contributed by atoms with E-state index >= 15 is 0 Å². The number of benzene rings is 1. The predicted molar refractivity (Wildman–Crippen MR) is 88.2 cm³/mol. The summed E-state index contributed by atoms with van der Waals surface area (Å²) in [5, 5.41) is 2.85. The summed E-state index contributed by atoms with van der Waals surface area (Å²) in [7, 11) is -1.93. The van der Waals surface area contributed by atoms with Gasteiger partial charge in [0.25, 0.3) is 10.0 Å². The average molecular weight is 370 g/mol. The molecule has 0 aliphatic heterocycles. The Morgan fingerprint density at radius 3 is 2.24 bits per heavy atom. The van der Waals surface area contributed by atoms with Crippen LogP contribution in [0.4, 0.5) is 11.5 Å². The van der Waals surface area contributed by atoms with Gasteiger partial charge < -0.3 is 5.32 Å². The molecule has 5 nitrogen and oxygen atoms in total. The summed E-state index contributed by atoms with van der Waals surface area (Å²) < 4.78 is 28.4. The smallest absolute Gasteiger partial charge is 0.263 e. The van der Waals surface area contributed by atoms with Crippen molar-refractivity contribution in [3.63, 3.8) is 0 Å². The Balaban J connectivity index is 2.37. The first-order valence-electron chi connectivity index (χ1n) is 6.27. The van der Waals surface area contributed by atoms with E-state index < -0.39 is 10.0 Å². The van der Waals surface area contributed by atoms with E-state index in [1.807, 2.05) is 26.0 Å². The highest BCUT2D eigenvalue weighted by Crippen LogP contribution is 2.27. The maximum absolute atomic E-state index is 12.4. The first kappa shape index (κ1) is 15.8. The monoisotopic (exact) mass is 369 g/mol. The third kappa shape index (κ3) is 3.54. The number of nitrogens with zero attached hydrogens (tertiary/aromatic N) is 1. The molecule has 1 aromatic carbocycles. The van der Waals surface area contributed by atoms with E-state index in [1.54, 1.807) is 13.1 Å². The molecule has 1 heterocycles. The summed E-state index contributed by atoms with van der Waals surface area (Å²) in [5.41, 5.74) is 2.30. The number of nitrogens with one attached hydrogen (secondary N) is 2. The van der Waals surface area contributed by atoms with Crippen LogP contribution in [0.15, 0.2) is 39.8 Å². The fourth-order valence-corrected chi connectivity index (χ4v) is 3.79. The molecule has 0 fully saturated rings. The first-order valence-corrected chi connectivity index (χ1v) is 8.54. The minimum Gasteiger partial charge on any atom is -0.373 e. The number of rotatable bonds is 4. The maximum atomic E-state index is 12.4. The highest BCUT2D eigenvalue weighted by Gasteiger charge is 2.17. The maximum Gasteiger partial charge on any atom is 0.263 e. The molecular formula is C14H16BrN3O2S. The lowest BCUT2D eigenvalue weighted by Gasteiger charge is -2.14. The first-order chi connectivity index (χ1) is 9.83. The zero-order valence-corrected chi connectivity index (χ0v) is 14.3. The quantitative estimate of drug-likeness (QED) is 0.866. The predicted octanol–water partition coefficient (Wildman–Crippen LogP) is 3.30. The average Bonchev–Trinajstić information content (AvgIpc) is 2.43. The molecule has 0 aliphatic carbocycles.